The summed E-state index contributed by atoms with van der Waals surface area (Å²) >= 11 is 7.31. The highest BCUT2D eigenvalue weighted by molar-refractivity contribution is 7.16. The van der Waals surface area contributed by atoms with Crippen molar-refractivity contribution in [3.05, 3.63) is 33.1 Å². The second kappa shape index (κ2) is 4.19. The van der Waals surface area contributed by atoms with Gasteiger partial charge in [-0.25, -0.2) is 5.43 Å². The van der Waals surface area contributed by atoms with Gasteiger partial charge in [-0.15, -0.1) is 11.3 Å². The van der Waals surface area contributed by atoms with E-state index in [0.717, 1.165) is 10.4 Å². The molecular formula is C8H10ClN5S. The smallest absolute Gasteiger partial charge is 0.124 e. The van der Waals surface area contributed by atoms with Gasteiger partial charge in [0.25, 0.3) is 0 Å². The van der Waals surface area contributed by atoms with Gasteiger partial charge in [-0.1, -0.05) is 11.6 Å². The van der Waals surface area contributed by atoms with Crippen LogP contribution in [0.5, 0.6) is 0 Å². The Morgan fingerprint density at radius 1 is 1.53 bits per heavy atom. The van der Waals surface area contributed by atoms with Crippen molar-refractivity contribution >= 4 is 28.8 Å². The fourth-order valence-electron chi connectivity index (χ4n) is 1.34. The second-order valence-corrected chi connectivity index (χ2v) is 4.73. The van der Waals surface area contributed by atoms with E-state index in [1.807, 2.05) is 12.1 Å². The van der Waals surface area contributed by atoms with Gasteiger partial charge < -0.3 is 5.73 Å². The van der Waals surface area contributed by atoms with Crippen LogP contribution in [-0.4, -0.2) is 10.2 Å². The summed E-state index contributed by atoms with van der Waals surface area (Å²) in [5.74, 6) is 5.99. The zero-order valence-electron chi connectivity index (χ0n) is 7.70. The number of nitrogens with one attached hydrogen (secondary N) is 2. The van der Waals surface area contributed by atoms with E-state index in [1.165, 1.54) is 11.3 Å². The van der Waals surface area contributed by atoms with Crippen molar-refractivity contribution in [3.8, 4) is 0 Å². The van der Waals surface area contributed by atoms with Gasteiger partial charge in [0, 0.05) is 10.4 Å². The number of aromatic amines is 1. The van der Waals surface area contributed by atoms with E-state index in [1.54, 1.807) is 6.20 Å². The Labute approximate surface area is 95.4 Å². The van der Waals surface area contributed by atoms with Crippen LogP contribution in [0.2, 0.25) is 4.34 Å². The van der Waals surface area contributed by atoms with Crippen molar-refractivity contribution in [2.24, 2.45) is 5.84 Å². The van der Waals surface area contributed by atoms with E-state index in [-0.39, 0.29) is 6.04 Å². The number of hydrogen-bond acceptors (Lipinski definition) is 5. The molecule has 1 unspecified atom stereocenters. The molecule has 7 heteroatoms. The quantitative estimate of drug-likeness (QED) is 0.482. The summed E-state index contributed by atoms with van der Waals surface area (Å²) in [7, 11) is 0. The van der Waals surface area contributed by atoms with Gasteiger partial charge in [0.2, 0.25) is 0 Å². The van der Waals surface area contributed by atoms with E-state index >= 15 is 0 Å². The molecule has 15 heavy (non-hydrogen) atoms. The average Bonchev–Trinajstić information content (AvgIpc) is 2.79. The van der Waals surface area contributed by atoms with Gasteiger partial charge in [-0.3, -0.25) is 10.9 Å². The molecule has 0 saturated carbocycles. The molecule has 6 N–H and O–H groups in total. The number of nitrogens with zero attached hydrogens (tertiary/aromatic N) is 1. The number of H-pyrrole nitrogens is 1. The number of rotatable bonds is 3. The average molecular weight is 244 g/mol. The molecule has 0 bridgehead atoms. The summed E-state index contributed by atoms with van der Waals surface area (Å²) in [6.07, 6.45) is 1.65. The molecule has 0 aromatic carbocycles. The summed E-state index contributed by atoms with van der Waals surface area (Å²) in [6.45, 7) is 0. The summed E-state index contributed by atoms with van der Waals surface area (Å²) < 4.78 is 0.715. The van der Waals surface area contributed by atoms with E-state index in [2.05, 4.69) is 15.6 Å². The second-order valence-electron chi connectivity index (χ2n) is 2.98. The van der Waals surface area contributed by atoms with Gasteiger partial charge in [0.15, 0.2) is 0 Å². The topological polar surface area (TPSA) is 92.7 Å². The van der Waals surface area contributed by atoms with Gasteiger partial charge in [0.1, 0.15) is 5.82 Å². The van der Waals surface area contributed by atoms with Crippen molar-refractivity contribution in [3.63, 3.8) is 0 Å². The van der Waals surface area contributed by atoms with Crippen LogP contribution in [0.3, 0.4) is 0 Å². The van der Waals surface area contributed by atoms with E-state index < -0.39 is 0 Å². The van der Waals surface area contributed by atoms with Crippen molar-refractivity contribution in [1.82, 2.24) is 15.6 Å². The first-order valence-corrected chi connectivity index (χ1v) is 5.42. The van der Waals surface area contributed by atoms with Crippen LogP contribution >= 0.6 is 22.9 Å². The molecule has 0 fully saturated rings. The molecule has 2 aromatic heterocycles. The van der Waals surface area contributed by atoms with Crippen LogP contribution in [0.15, 0.2) is 18.3 Å². The van der Waals surface area contributed by atoms with E-state index in [0.29, 0.717) is 10.2 Å². The highest BCUT2D eigenvalue weighted by atomic mass is 35.5. The SMILES string of the molecule is NNC(c1ccc(Cl)s1)c1cn[nH]c1N. The molecule has 1 atom stereocenters. The van der Waals surface area contributed by atoms with Crippen molar-refractivity contribution in [2.45, 2.75) is 6.04 Å². The molecule has 0 radical (unpaired) electrons. The van der Waals surface area contributed by atoms with Crippen LogP contribution in [0.4, 0.5) is 5.82 Å². The van der Waals surface area contributed by atoms with Crippen molar-refractivity contribution < 1.29 is 0 Å². The Balaban J connectivity index is 2.36. The third-order valence-electron chi connectivity index (χ3n) is 2.06. The molecule has 0 spiro atoms. The molecule has 0 aliphatic heterocycles. The van der Waals surface area contributed by atoms with Crippen LogP contribution in [0.1, 0.15) is 16.5 Å². The lowest BCUT2D eigenvalue weighted by atomic mass is 10.1. The Kier molecular flexibility index (Phi) is 2.92. The Bertz CT molecular complexity index is 451. The molecule has 5 nitrogen and oxygen atoms in total. The maximum Gasteiger partial charge on any atom is 0.124 e. The highest BCUT2D eigenvalue weighted by Gasteiger charge is 2.18. The van der Waals surface area contributed by atoms with E-state index in [4.69, 9.17) is 23.2 Å². The standard InChI is InChI=1S/C8H10ClN5S/c9-6-2-1-5(15-6)7(13-11)4-3-12-14-8(4)10/h1-3,7,13H,11H2,(H3,10,12,14). The summed E-state index contributed by atoms with van der Waals surface area (Å²) in [5.41, 5.74) is 9.22. The zero-order chi connectivity index (χ0) is 10.8. The summed E-state index contributed by atoms with van der Waals surface area (Å²) in [6, 6.07) is 3.55. The molecule has 2 rings (SSSR count). The maximum absolute atomic E-state index is 5.86. The Morgan fingerprint density at radius 3 is 2.80 bits per heavy atom. The number of nitrogens with two attached hydrogens (primary N) is 2. The largest absolute Gasteiger partial charge is 0.384 e. The highest BCUT2D eigenvalue weighted by Crippen LogP contribution is 2.31. The number of anilines is 1. The minimum absolute atomic E-state index is 0.179. The van der Waals surface area contributed by atoms with Crippen molar-refractivity contribution in [1.29, 1.82) is 0 Å². The van der Waals surface area contributed by atoms with E-state index in [9.17, 15) is 0 Å². The van der Waals surface area contributed by atoms with Gasteiger partial charge in [-0.05, 0) is 12.1 Å². The zero-order valence-corrected chi connectivity index (χ0v) is 9.27. The third kappa shape index (κ3) is 1.98. The van der Waals surface area contributed by atoms with Crippen molar-refractivity contribution in [2.75, 3.05) is 5.73 Å². The molecular weight excluding hydrogens is 234 g/mol. The van der Waals surface area contributed by atoms with Crippen LogP contribution < -0.4 is 17.0 Å². The lowest BCUT2D eigenvalue weighted by Gasteiger charge is -2.12. The number of hydrogen-bond donors (Lipinski definition) is 4. The normalized spacial score (nSPS) is 12.9. The fraction of sp³-hybridized carbons (Fsp3) is 0.125. The minimum atomic E-state index is -0.179. The number of halogens is 1. The first-order chi connectivity index (χ1) is 7.22. The first kappa shape index (κ1) is 10.4. The predicted molar refractivity (Wildman–Crippen MR) is 61.5 cm³/mol. The van der Waals surface area contributed by atoms with Gasteiger partial charge >= 0.3 is 0 Å². The minimum Gasteiger partial charge on any atom is -0.384 e. The summed E-state index contributed by atoms with van der Waals surface area (Å²) in [4.78, 5) is 0.996. The third-order valence-corrected chi connectivity index (χ3v) is 3.35. The molecule has 2 heterocycles. The number of thiophene rings is 1. The van der Waals surface area contributed by atoms with Crippen LogP contribution in [-0.2, 0) is 0 Å². The van der Waals surface area contributed by atoms with Gasteiger partial charge in [-0.2, -0.15) is 5.10 Å². The fourth-order valence-corrected chi connectivity index (χ4v) is 2.48. The number of aromatic nitrogens is 2. The molecule has 0 amide bonds. The Morgan fingerprint density at radius 2 is 2.33 bits per heavy atom. The number of hydrazine groups is 1. The first-order valence-electron chi connectivity index (χ1n) is 4.22. The Hall–Kier alpha value is -1.08. The molecule has 0 saturated heterocycles. The van der Waals surface area contributed by atoms with Crippen LogP contribution in [0, 0.1) is 0 Å². The molecule has 0 aliphatic rings. The summed E-state index contributed by atoms with van der Waals surface area (Å²) in [5, 5.41) is 6.51. The maximum atomic E-state index is 5.86. The lowest BCUT2D eigenvalue weighted by molar-refractivity contribution is 0.648. The number of nitrogen functional groups attached to an aromatic ring is 1. The van der Waals surface area contributed by atoms with Gasteiger partial charge in [0.05, 0.1) is 16.6 Å². The monoisotopic (exact) mass is 243 g/mol. The molecule has 80 valence electrons. The molecule has 2 aromatic rings. The lowest BCUT2D eigenvalue weighted by Crippen LogP contribution is -2.28. The van der Waals surface area contributed by atoms with Crippen LogP contribution in [0.25, 0.3) is 0 Å². The predicted octanol–water partition coefficient (Wildman–Crippen LogP) is 1.26. The molecule has 0 aliphatic carbocycles.